The molecule has 1 heterocycles. The lowest BCUT2D eigenvalue weighted by molar-refractivity contribution is 0.0706. The van der Waals surface area contributed by atoms with Crippen molar-refractivity contribution >= 4 is 11.3 Å². The van der Waals surface area contributed by atoms with E-state index < -0.39 is 0 Å². The number of thiazole rings is 1. The third-order valence-corrected chi connectivity index (χ3v) is 3.82. The molecule has 0 radical (unpaired) electrons. The molecule has 0 saturated carbocycles. The van der Waals surface area contributed by atoms with Crippen LogP contribution < -0.4 is 5.32 Å². The van der Waals surface area contributed by atoms with Gasteiger partial charge in [0.2, 0.25) is 0 Å². The van der Waals surface area contributed by atoms with Crippen LogP contribution in [0.5, 0.6) is 0 Å². The molecule has 1 N–H and O–H groups in total. The molecule has 0 bridgehead atoms. The Bertz CT molecular complexity index is 444. The summed E-state index contributed by atoms with van der Waals surface area (Å²) < 4.78 is 5.66. The minimum Gasteiger partial charge on any atom is -0.375 e. The van der Waals surface area contributed by atoms with E-state index in [1.54, 1.807) is 18.4 Å². The number of rotatable bonds is 6. The molecular formula is C14H18N2OS. The van der Waals surface area contributed by atoms with E-state index in [1.165, 1.54) is 10.4 Å². The molecule has 1 aromatic heterocycles. The van der Waals surface area contributed by atoms with E-state index >= 15 is 0 Å². The molecular weight excluding hydrogens is 244 g/mol. The average Bonchev–Trinajstić information content (AvgIpc) is 2.92. The molecule has 0 saturated heterocycles. The molecule has 1 aromatic carbocycles. The second-order valence-corrected chi connectivity index (χ2v) is 5.10. The molecule has 2 aromatic rings. The Hall–Kier alpha value is -1.23. The summed E-state index contributed by atoms with van der Waals surface area (Å²) in [5, 5.41) is 3.34. The van der Waals surface area contributed by atoms with Crippen LogP contribution in [0.1, 0.15) is 16.5 Å². The molecule has 2 unspecified atom stereocenters. The van der Waals surface area contributed by atoms with Gasteiger partial charge in [-0.1, -0.05) is 30.3 Å². The molecule has 96 valence electrons. The Morgan fingerprint density at radius 1 is 1.33 bits per heavy atom. The molecule has 4 heteroatoms. The second kappa shape index (κ2) is 6.64. The summed E-state index contributed by atoms with van der Waals surface area (Å²) in [6.07, 6.45) is 2.90. The van der Waals surface area contributed by atoms with Gasteiger partial charge in [0.25, 0.3) is 0 Å². The summed E-state index contributed by atoms with van der Waals surface area (Å²) in [6, 6.07) is 10.6. The second-order valence-electron chi connectivity index (χ2n) is 4.13. The van der Waals surface area contributed by atoms with Gasteiger partial charge in [0.05, 0.1) is 11.6 Å². The van der Waals surface area contributed by atoms with Crippen LogP contribution in [0.25, 0.3) is 0 Å². The molecule has 2 atom stereocenters. The number of ether oxygens (including phenoxy) is 1. The van der Waals surface area contributed by atoms with Crippen LogP contribution in [0.3, 0.4) is 0 Å². The number of aromatic nitrogens is 1. The predicted octanol–water partition coefficient (Wildman–Crippen LogP) is 2.66. The third-order valence-electron chi connectivity index (χ3n) is 3.02. The zero-order chi connectivity index (χ0) is 12.8. The molecule has 18 heavy (non-hydrogen) atoms. The number of likely N-dealkylation sites (N-methyl/N-ethyl adjacent to an activating group) is 1. The number of nitrogens with one attached hydrogen (secondary N) is 1. The van der Waals surface area contributed by atoms with Gasteiger partial charge in [-0.05, 0) is 12.6 Å². The van der Waals surface area contributed by atoms with E-state index in [0.29, 0.717) is 0 Å². The van der Waals surface area contributed by atoms with Crippen molar-refractivity contribution in [3.05, 3.63) is 52.5 Å². The first-order chi connectivity index (χ1) is 8.85. The maximum absolute atomic E-state index is 5.66. The first kappa shape index (κ1) is 13.2. The minimum absolute atomic E-state index is 0.0540. The highest BCUT2D eigenvalue weighted by molar-refractivity contribution is 7.09. The van der Waals surface area contributed by atoms with Gasteiger partial charge in [-0.3, -0.25) is 4.98 Å². The van der Waals surface area contributed by atoms with Crippen molar-refractivity contribution in [1.82, 2.24) is 10.3 Å². The Morgan fingerprint density at radius 3 is 2.67 bits per heavy atom. The van der Waals surface area contributed by atoms with E-state index in [2.05, 4.69) is 22.4 Å². The number of methoxy groups -OCH3 is 1. The van der Waals surface area contributed by atoms with Gasteiger partial charge in [0, 0.05) is 30.6 Å². The van der Waals surface area contributed by atoms with Crippen molar-refractivity contribution in [2.45, 2.75) is 18.6 Å². The Balaban J connectivity index is 2.14. The fourth-order valence-corrected chi connectivity index (χ4v) is 2.75. The van der Waals surface area contributed by atoms with Gasteiger partial charge in [-0.15, -0.1) is 11.3 Å². The van der Waals surface area contributed by atoms with Crippen molar-refractivity contribution in [2.24, 2.45) is 0 Å². The van der Waals surface area contributed by atoms with Gasteiger partial charge >= 0.3 is 0 Å². The number of nitrogens with zero attached hydrogens (tertiary/aromatic N) is 1. The molecule has 0 amide bonds. The molecule has 0 aliphatic carbocycles. The molecule has 2 rings (SSSR count). The summed E-state index contributed by atoms with van der Waals surface area (Å²) in [7, 11) is 3.73. The van der Waals surface area contributed by atoms with Crippen molar-refractivity contribution in [3.63, 3.8) is 0 Å². The fraction of sp³-hybridized carbons (Fsp3) is 0.357. The first-order valence-electron chi connectivity index (χ1n) is 5.97. The predicted molar refractivity (Wildman–Crippen MR) is 74.9 cm³/mol. The number of hydrogen-bond acceptors (Lipinski definition) is 4. The zero-order valence-electron chi connectivity index (χ0n) is 10.7. The Morgan fingerprint density at radius 2 is 2.11 bits per heavy atom. The van der Waals surface area contributed by atoms with E-state index in [9.17, 15) is 0 Å². The third kappa shape index (κ3) is 3.16. The van der Waals surface area contributed by atoms with Crippen molar-refractivity contribution in [2.75, 3.05) is 14.2 Å². The van der Waals surface area contributed by atoms with Crippen molar-refractivity contribution in [1.29, 1.82) is 0 Å². The van der Waals surface area contributed by atoms with Gasteiger partial charge in [0.15, 0.2) is 0 Å². The highest BCUT2D eigenvalue weighted by atomic mass is 32.1. The standard InChI is InChI=1S/C14H18N2OS/c1-15-13(8-12-9-16-10-18-12)14(17-2)11-6-4-3-5-7-11/h3-7,9-10,13-15H,8H2,1-2H3. The quantitative estimate of drug-likeness (QED) is 0.869. The van der Waals surface area contributed by atoms with Crippen LogP contribution >= 0.6 is 11.3 Å². The lowest BCUT2D eigenvalue weighted by Crippen LogP contribution is -2.35. The minimum atomic E-state index is 0.0540. The average molecular weight is 262 g/mol. The maximum atomic E-state index is 5.66. The molecule has 0 spiro atoms. The molecule has 0 aliphatic rings. The van der Waals surface area contributed by atoms with E-state index in [0.717, 1.165) is 6.42 Å². The number of hydrogen-bond donors (Lipinski definition) is 1. The molecule has 0 fully saturated rings. The van der Waals surface area contributed by atoms with Gasteiger partial charge in [-0.2, -0.15) is 0 Å². The highest BCUT2D eigenvalue weighted by Crippen LogP contribution is 2.23. The van der Waals surface area contributed by atoms with Crippen LogP contribution in [-0.2, 0) is 11.2 Å². The Labute approximate surface area is 112 Å². The smallest absolute Gasteiger partial charge is 0.0977 e. The Kier molecular flexibility index (Phi) is 4.87. The molecule has 3 nitrogen and oxygen atoms in total. The van der Waals surface area contributed by atoms with E-state index in [1.807, 2.05) is 37.0 Å². The van der Waals surface area contributed by atoms with Crippen LogP contribution in [-0.4, -0.2) is 25.2 Å². The normalized spacial score (nSPS) is 14.3. The summed E-state index contributed by atoms with van der Waals surface area (Å²) in [6.45, 7) is 0. The van der Waals surface area contributed by atoms with E-state index in [4.69, 9.17) is 4.74 Å². The largest absolute Gasteiger partial charge is 0.375 e. The zero-order valence-corrected chi connectivity index (χ0v) is 11.5. The summed E-state index contributed by atoms with van der Waals surface area (Å²) in [5.74, 6) is 0. The lowest BCUT2D eigenvalue weighted by atomic mass is 9.99. The SMILES string of the molecule is CNC(Cc1cncs1)C(OC)c1ccccc1. The van der Waals surface area contributed by atoms with Gasteiger partial charge < -0.3 is 10.1 Å². The lowest BCUT2D eigenvalue weighted by Gasteiger charge is -2.25. The van der Waals surface area contributed by atoms with Crippen LogP contribution in [0.2, 0.25) is 0 Å². The van der Waals surface area contributed by atoms with E-state index in [-0.39, 0.29) is 12.1 Å². The van der Waals surface area contributed by atoms with Crippen LogP contribution in [0.15, 0.2) is 42.0 Å². The van der Waals surface area contributed by atoms with Crippen molar-refractivity contribution < 1.29 is 4.74 Å². The van der Waals surface area contributed by atoms with Crippen molar-refractivity contribution in [3.8, 4) is 0 Å². The van der Waals surface area contributed by atoms with Gasteiger partial charge in [-0.25, -0.2) is 0 Å². The summed E-state index contributed by atoms with van der Waals surface area (Å²) in [4.78, 5) is 5.39. The topological polar surface area (TPSA) is 34.2 Å². The maximum Gasteiger partial charge on any atom is 0.0977 e. The number of benzene rings is 1. The molecule has 0 aliphatic heterocycles. The summed E-state index contributed by atoms with van der Waals surface area (Å²) >= 11 is 1.68. The first-order valence-corrected chi connectivity index (χ1v) is 6.85. The van der Waals surface area contributed by atoms with Crippen LogP contribution in [0.4, 0.5) is 0 Å². The van der Waals surface area contributed by atoms with Gasteiger partial charge in [0.1, 0.15) is 0 Å². The highest BCUT2D eigenvalue weighted by Gasteiger charge is 2.22. The summed E-state index contributed by atoms with van der Waals surface area (Å²) in [5.41, 5.74) is 3.07. The van der Waals surface area contributed by atoms with Crippen LogP contribution in [0, 0.1) is 0 Å². The fourth-order valence-electron chi connectivity index (χ4n) is 2.10. The monoisotopic (exact) mass is 262 g/mol.